The van der Waals surface area contributed by atoms with E-state index >= 15 is 0 Å². The second-order valence-corrected chi connectivity index (χ2v) is 10.7. The van der Waals surface area contributed by atoms with Gasteiger partial charge >= 0.3 is 0 Å². The molecule has 0 heterocycles. The molecule has 2 aromatic rings. The minimum absolute atomic E-state index is 0.0854. The zero-order valence-electron chi connectivity index (χ0n) is 16.0. The Balaban J connectivity index is 1.80. The molecule has 2 aromatic carbocycles. The van der Waals surface area contributed by atoms with Crippen molar-refractivity contribution in [2.45, 2.75) is 44.0 Å². The first-order valence-electron chi connectivity index (χ1n) is 9.50. The van der Waals surface area contributed by atoms with Gasteiger partial charge in [0, 0.05) is 12.8 Å². The summed E-state index contributed by atoms with van der Waals surface area (Å²) in [5, 5.41) is 9.92. The summed E-state index contributed by atoms with van der Waals surface area (Å²) in [4.78, 5) is 0.390. The quantitative estimate of drug-likeness (QED) is 0.553. The molecule has 3 rings (SSSR count). The molecule has 4 nitrogen and oxygen atoms in total. The molecular weight excluding hydrogens is 378 g/mol. The molecule has 146 valence electrons. The lowest BCUT2D eigenvalue weighted by molar-refractivity contribution is -0.819. The van der Waals surface area contributed by atoms with Crippen LogP contribution in [0.1, 0.15) is 31.4 Å². The van der Waals surface area contributed by atoms with Crippen LogP contribution in [0.15, 0.2) is 53.4 Å². The van der Waals surface area contributed by atoms with Gasteiger partial charge in [-0.25, -0.2) is 8.42 Å². The molecule has 6 heteroatoms. The van der Waals surface area contributed by atoms with E-state index in [1.807, 2.05) is 18.2 Å². The van der Waals surface area contributed by atoms with Crippen molar-refractivity contribution in [2.75, 3.05) is 18.2 Å². The molecule has 1 aliphatic rings. The van der Waals surface area contributed by atoms with Gasteiger partial charge in [-0.05, 0) is 55.7 Å². The molecule has 1 unspecified atom stereocenters. The third kappa shape index (κ3) is 4.33. The van der Waals surface area contributed by atoms with Crippen LogP contribution in [0.25, 0.3) is 0 Å². The van der Waals surface area contributed by atoms with E-state index in [0.29, 0.717) is 16.7 Å². The van der Waals surface area contributed by atoms with E-state index in [1.165, 1.54) is 11.1 Å². The third-order valence-corrected chi connectivity index (χ3v) is 9.68. The van der Waals surface area contributed by atoms with Crippen LogP contribution >= 0.6 is 11.9 Å². The molecule has 0 saturated carbocycles. The Morgan fingerprint density at radius 2 is 1.78 bits per heavy atom. The summed E-state index contributed by atoms with van der Waals surface area (Å²) >= 11 is 1.54. The number of rotatable bonds is 7. The van der Waals surface area contributed by atoms with E-state index in [1.54, 1.807) is 42.3 Å². The van der Waals surface area contributed by atoms with Gasteiger partial charge in [-0.15, -0.1) is 0 Å². The van der Waals surface area contributed by atoms with Crippen LogP contribution in [0.3, 0.4) is 0 Å². The maximum absolute atomic E-state index is 12.8. The van der Waals surface area contributed by atoms with Gasteiger partial charge in [-0.2, -0.15) is 0 Å². The molecule has 0 aliphatic heterocycles. The summed E-state index contributed by atoms with van der Waals surface area (Å²) in [6.07, 6.45) is 2.90. The smallest absolute Gasteiger partial charge is 0.193 e. The van der Waals surface area contributed by atoms with Crippen LogP contribution in [-0.2, 0) is 22.7 Å². The van der Waals surface area contributed by atoms with E-state index in [4.69, 9.17) is 0 Å². The highest BCUT2D eigenvalue weighted by molar-refractivity contribution is 8.09. The van der Waals surface area contributed by atoms with Crippen molar-refractivity contribution in [3.63, 3.8) is 0 Å². The normalized spacial score (nSPS) is 17.5. The first-order chi connectivity index (χ1) is 12.9. The number of quaternary nitrogens is 1. The summed E-state index contributed by atoms with van der Waals surface area (Å²) in [6, 6.07) is 14.7. The molecule has 1 aliphatic carbocycles. The number of benzene rings is 2. The molecule has 0 bridgehead atoms. The van der Waals surface area contributed by atoms with Gasteiger partial charge in [0.25, 0.3) is 0 Å². The Bertz CT molecular complexity index is 878. The first kappa shape index (κ1) is 20.2. The van der Waals surface area contributed by atoms with E-state index in [2.05, 4.69) is 13.8 Å². The zero-order valence-corrected chi connectivity index (χ0v) is 17.6. The Morgan fingerprint density at radius 1 is 1.07 bits per heavy atom. The molecule has 0 radical (unpaired) electrons. The Hall–Kier alpha value is -1.50. The average Bonchev–Trinajstić information content (AvgIpc) is 2.69. The van der Waals surface area contributed by atoms with Crippen LogP contribution in [0.2, 0.25) is 0 Å². The lowest BCUT2D eigenvalue weighted by atomic mass is 9.87. The van der Waals surface area contributed by atoms with Crippen molar-refractivity contribution in [1.82, 2.24) is 0 Å². The van der Waals surface area contributed by atoms with Crippen molar-refractivity contribution in [3.05, 3.63) is 59.7 Å². The van der Waals surface area contributed by atoms with Crippen LogP contribution in [0, 0.1) is 0 Å². The van der Waals surface area contributed by atoms with E-state index in [9.17, 15) is 13.5 Å². The van der Waals surface area contributed by atoms with Crippen LogP contribution in [-0.4, -0.2) is 41.6 Å². The summed E-state index contributed by atoms with van der Waals surface area (Å²) in [5.41, 5.74) is 2.50. The molecule has 0 fully saturated rings. The van der Waals surface area contributed by atoms with Crippen LogP contribution < -0.4 is 0 Å². The molecule has 0 saturated heterocycles. The fourth-order valence-electron chi connectivity index (χ4n) is 4.02. The van der Waals surface area contributed by atoms with E-state index < -0.39 is 9.84 Å². The third-order valence-electron chi connectivity index (χ3n) is 5.70. The maximum Gasteiger partial charge on any atom is 0.193 e. The van der Waals surface area contributed by atoms with Gasteiger partial charge in [0.1, 0.15) is 11.8 Å². The molecule has 0 spiro atoms. The number of likely N-dealkylation sites (N-methyl/N-ethyl adjacent to an activating group) is 1. The van der Waals surface area contributed by atoms with Gasteiger partial charge in [0.15, 0.2) is 14.9 Å². The molecule has 1 N–H and O–H groups in total. The first-order valence-corrected chi connectivity index (χ1v) is 12.1. The number of sulfone groups is 1. The predicted molar refractivity (Wildman–Crippen MR) is 111 cm³/mol. The standard InChI is InChI=1S/C21H27NO3S2/c1-3-22(4-2,26-16-27(24,25)21-8-6-5-7-9-21)19-12-10-17-11-13-20(23)15-18(17)14-19/h5-9,11,13,15,19H,3-4,10,12,14,16H2,1-2H3/p+1. The largest absolute Gasteiger partial charge is 0.508 e. The summed E-state index contributed by atoms with van der Waals surface area (Å²) in [6.45, 7) is 6.04. The number of aryl methyl sites for hydroxylation is 1. The second-order valence-electron chi connectivity index (χ2n) is 7.11. The highest BCUT2D eigenvalue weighted by atomic mass is 32.3. The highest BCUT2D eigenvalue weighted by Crippen LogP contribution is 2.37. The monoisotopic (exact) mass is 406 g/mol. The van der Waals surface area contributed by atoms with E-state index in [0.717, 1.165) is 36.2 Å². The minimum Gasteiger partial charge on any atom is -0.508 e. The van der Waals surface area contributed by atoms with Gasteiger partial charge < -0.3 is 5.11 Å². The van der Waals surface area contributed by atoms with Crippen molar-refractivity contribution in [1.29, 1.82) is 0 Å². The Morgan fingerprint density at radius 3 is 2.44 bits per heavy atom. The number of hydrogen-bond donors (Lipinski definition) is 1. The van der Waals surface area contributed by atoms with Crippen LogP contribution in [0.4, 0.5) is 0 Å². The fourth-order valence-corrected chi connectivity index (χ4v) is 7.29. The lowest BCUT2D eigenvalue weighted by Crippen LogP contribution is -2.52. The number of aromatic hydroxyl groups is 1. The fraction of sp³-hybridized carbons (Fsp3) is 0.429. The van der Waals surface area contributed by atoms with Gasteiger partial charge in [0.2, 0.25) is 0 Å². The Labute approximate surface area is 166 Å². The van der Waals surface area contributed by atoms with Crippen LogP contribution in [0.5, 0.6) is 5.75 Å². The SMILES string of the molecule is CC[N+](CC)(SCS(=O)(=O)c1ccccc1)C1CCc2ccc(O)cc2C1. The van der Waals surface area contributed by atoms with Crippen molar-refractivity contribution < 1.29 is 17.4 Å². The van der Waals surface area contributed by atoms with Crippen molar-refractivity contribution in [2.24, 2.45) is 0 Å². The highest BCUT2D eigenvalue weighted by Gasteiger charge is 2.39. The van der Waals surface area contributed by atoms with Gasteiger partial charge in [0.05, 0.1) is 29.9 Å². The number of nitrogens with zero attached hydrogens (tertiary/aromatic N) is 1. The average molecular weight is 407 g/mol. The number of phenols is 1. The predicted octanol–water partition coefficient (Wildman–Crippen LogP) is 4.19. The van der Waals surface area contributed by atoms with E-state index in [-0.39, 0.29) is 5.08 Å². The molecular formula is C21H28NO3S2+. The van der Waals surface area contributed by atoms with Crippen molar-refractivity contribution in [3.8, 4) is 5.75 Å². The minimum atomic E-state index is -3.31. The summed E-state index contributed by atoms with van der Waals surface area (Å²) < 4.78 is 26.3. The molecule has 27 heavy (non-hydrogen) atoms. The number of hydrogen-bond acceptors (Lipinski definition) is 4. The van der Waals surface area contributed by atoms with Crippen molar-refractivity contribution >= 4 is 21.8 Å². The topological polar surface area (TPSA) is 54.4 Å². The molecule has 0 aromatic heterocycles. The maximum atomic E-state index is 12.8. The second kappa shape index (κ2) is 8.25. The molecule has 0 amide bonds. The number of fused-ring (bicyclic) bond motifs is 1. The van der Waals surface area contributed by atoms with Gasteiger partial charge in [-0.1, -0.05) is 24.3 Å². The summed E-state index contributed by atoms with van der Waals surface area (Å²) in [7, 11) is -3.31. The lowest BCUT2D eigenvalue weighted by Gasteiger charge is -2.43. The Kier molecular flexibility index (Phi) is 6.18. The number of phenolic OH excluding ortho intramolecular Hbond substituents is 1. The van der Waals surface area contributed by atoms with Gasteiger partial charge in [-0.3, -0.25) is 3.89 Å². The molecule has 1 atom stereocenters. The zero-order chi connectivity index (χ0) is 19.5. The summed E-state index contributed by atoms with van der Waals surface area (Å²) in [5.74, 6) is 0.305.